The Kier molecular flexibility index (Phi) is 5.27. The predicted octanol–water partition coefficient (Wildman–Crippen LogP) is 2.96. The van der Waals surface area contributed by atoms with Crippen molar-refractivity contribution in [3.63, 3.8) is 0 Å². The highest BCUT2D eigenvalue weighted by molar-refractivity contribution is 7.18. The van der Waals surface area contributed by atoms with Gasteiger partial charge in [0.25, 0.3) is 5.56 Å². The molecule has 0 bridgehead atoms. The second-order valence-corrected chi connectivity index (χ2v) is 8.48. The van der Waals surface area contributed by atoms with Crippen LogP contribution in [0.5, 0.6) is 0 Å². The van der Waals surface area contributed by atoms with Crippen LogP contribution in [0, 0.1) is 5.92 Å². The number of hydrogen-bond donors (Lipinski definition) is 0. The van der Waals surface area contributed by atoms with Crippen LogP contribution in [-0.2, 0) is 22.4 Å². The predicted molar refractivity (Wildman–Crippen MR) is 109 cm³/mol. The summed E-state index contributed by atoms with van der Waals surface area (Å²) in [7, 11) is 1.25. The second-order valence-electron chi connectivity index (χ2n) is 7.40. The van der Waals surface area contributed by atoms with Crippen molar-refractivity contribution in [3.8, 4) is 0 Å². The van der Waals surface area contributed by atoms with Crippen LogP contribution in [0.2, 0.25) is 0 Å². The molecule has 1 aromatic carbocycles. The SMILES string of the molecule is COC(=O)CC(C(=O)c1ccccc1)n1nnc2sc3c(c2c1=O)CCC(C)C3. The molecule has 2 atom stereocenters. The summed E-state index contributed by atoms with van der Waals surface area (Å²) < 4.78 is 5.81. The molecule has 0 amide bonds. The Morgan fingerprint density at radius 2 is 2.07 bits per heavy atom. The van der Waals surface area contributed by atoms with E-state index in [4.69, 9.17) is 4.74 Å². The van der Waals surface area contributed by atoms with E-state index in [1.807, 2.05) is 0 Å². The number of rotatable bonds is 5. The quantitative estimate of drug-likeness (QED) is 0.474. The molecule has 8 heteroatoms. The summed E-state index contributed by atoms with van der Waals surface area (Å²) in [5, 5.41) is 8.80. The summed E-state index contributed by atoms with van der Waals surface area (Å²) in [6.07, 6.45) is 2.46. The van der Waals surface area contributed by atoms with Gasteiger partial charge in [0, 0.05) is 10.4 Å². The van der Waals surface area contributed by atoms with Crippen molar-refractivity contribution in [2.75, 3.05) is 7.11 Å². The molecular formula is C21H21N3O4S. The van der Waals surface area contributed by atoms with E-state index >= 15 is 0 Å². The van der Waals surface area contributed by atoms with E-state index in [1.54, 1.807) is 30.3 Å². The van der Waals surface area contributed by atoms with Crippen LogP contribution in [0.15, 0.2) is 35.1 Å². The molecule has 2 unspecified atom stereocenters. The number of ether oxygens (including phenoxy) is 1. The minimum Gasteiger partial charge on any atom is -0.469 e. The first-order valence-electron chi connectivity index (χ1n) is 9.55. The highest BCUT2D eigenvalue weighted by atomic mass is 32.1. The van der Waals surface area contributed by atoms with Gasteiger partial charge in [-0.2, -0.15) is 4.68 Å². The van der Waals surface area contributed by atoms with Gasteiger partial charge in [-0.15, -0.1) is 16.4 Å². The summed E-state index contributed by atoms with van der Waals surface area (Å²) in [5.74, 6) is -0.392. The molecule has 0 fully saturated rings. The van der Waals surface area contributed by atoms with Crippen molar-refractivity contribution in [2.24, 2.45) is 5.92 Å². The molecule has 0 spiro atoms. The van der Waals surface area contributed by atoms with Gasteiger partial charge in [0.2, 0.25) is 0 Å². The molecule has 29 heavy (non-hydrogen) atoms. The fraction of sp³-hybridized carbons (Fsp3) is 0.381. The van der Waals surface area contributed by atoms with E-state index in [9.17, 15) is 14.4 Å². The van der Waals surface area contributed by atoms with Gasteiger partial charge >= 0.3 is 5.97 Å². The van der Waals surface area contributed by atoms with Crippen molar-refractivity contribution in [3.05, 3.63) is 56.7 Å². The molecule has 7 nitrogen and oxygen atoms in total. The third-order valence-electron chi connectivity index (χ3n) is 5.39. The van der Waals surface area contributed by atoms with Crippen LogP contribution in [0.4, 0.5) is 0 Å². The molecule has 2 heterocycles. The number of thiophene rings is 1. The number of Topliss-reactive ketones (excluding diaryl/α,β-unsaturated/α-hetero) is 1. The Labute approximate surface area is 171 Å². The first kappa shape index (κ1) is 19.4. The van der Waals surface area contributed by atoms with Crippen LogP contribution >= 0.6 is 11.3 Å². The minimum atomic E-state index is -1.10. The van der Waals surface area contributed by atoms with E-state index in [2.05, 4.69) is 17.2 Å². The van der Waals surface area contributed by atoms with Gasteiger partial charge in [0.1, 0.15) is 6.04 Å². The highest BCUT2D eigenvalue weighted by Gasteiger charge is 2.30. The van der Waals surface area contributed by atoms with Crippen LogP contribution in [0.1, 0.15) is 46.6 Å². The fourth-order valence-electron chi connectivity index (χ4n) is 3.80. The average Bonchev–Trinajstić information content (AvgIpc) is 3.10. The van der Waals surface area contributed by atoms with Crippen LogP contribution in [-0.4, -0.2) is 33.9 Å². The monoisotopic (exact) mass is 411 g/mol. The summed E-state index contributed by atoms with van der Waals surface area (Å²) in [5.41, 5.74) is 1.04. The maximum absolute atomic E-state index is 13.4. The molecule has 3 aromatic rings. The number of carbonyl (C=O) groups excluding carboxylic acids is 2. The minimum absolute atomic E-state index is 0.284. The lowest BCUT2D eigenvalue weighted by molar-refractivity contribution is -0.141. The van der Waals surface area contributed by atoms with Gasteiger partial charge in [-0.3, -0.25) is 14.4 Å². The molecule has 0 N–H and O–H groups in total. The summed E-state index contributed by atoms with van der Waals surface area (Å²) in [6.45, 7) is 2.20. The Balaban J connectivity index is 1.84. The zero-order valence-corrected chi connectivity index (χ0v) is 17.1. The smallest absolute Gasteiger partial charge is 0.308 e. The normalized spacial score (nSPS) is 17.0. The van der Waals surface area contributed by atoms with Crippen molar-refractivity contribution in [1.29, 1.82) is 0 Å². The highest BCUT2D eigenvalue weighted by Crippen LogP contribution is 2.35. The maximum Gasteiger partial charge on any atom is 0.308 e. The van der Waals surface area contributed by atoms with Gasteiger partial charge in [-0.1, -0.05) is 42.5 Å². The van der Waals surface area contributed by atoms with E-state index in [0.717, 1.165) is 29.5 Å². The fourth-order valence-corrected chi connectivity index (χ4v) is 5.12. The zero-order valence-electron chi connectivity index (χ0n) is 16.3. The molecule has 1 aliphatic rings. The Morgan fingerprint density at radius 3 is 2.79 bits per heavy atom. The third kappa shape index (κ3) is 3.60. The standard InChI is InChI=1S/C21H21N3O4S/c1-12-8-9-14-16(10-12)29-20-18(14)21(27)24(23-22-20)15(11-17(25)28-2)19(26)13-6-4-3-5-7-13/h3-7,12,15H,8-11H2,1-2H3. The van der Waals surface area contributed by atoms with Gasteiger partial charge in [0.15, 0.2) is 10.6 Å². The zero-order chi connectivity index (χ0) is 20.5. The summed E-state index contributed by atoms with van der Waals surface area (Å²) >= 11 is 1.50. The van der Waals surface area contributed by atoms with Crippen LogP contribution < -0.4 is 5.56 Å². The van der Waals surface area contributed by atoms with E-state index < -0.39 is 12.0 Å². The van der Waals surface area contributed by atoms with Crippen LogP contribution in [0.25, 0.3) is 10.2 Å². The molecule has 0 saturated heterocycles. The molecule has 2 aromatic heterocycles. The summed E-state index contributed by atoms with van der Waals surface area (Å²) in [6, 6.07) is 7.46. The lowest BCUT2D eigenvalue weighted by Gasteiger charge is -2.18. The number of fused-ring (bicyclic) bond motifs is 3. The topological polar surface area (TPSA) is 91.2 Å². The Bertz CT molecular complexity index is 1140. The lowest BCUT2D eigenvalue weighted by atomic mass is 9.89. The summed E-state index contributed by atoms with van der Waals surface area (Å²) in [4.78, 5) is 40.2. The molecule has 1 aliphatic carbocycles. The van der Waals surface area contributed by atoms with Crippen molar-refractivity contribution in [1.82, 2.24) is 15.0 Å². The molecular weight excluding hydrogens is 390 g/mol. The number of methoxy groups -OCH3 is 1. The first-order chi connectivity index (χ1) is 14.0. The third-order valence-corrected chi connectivity index (χ3v) is 6.53. The van der Waals surface area contributed by atoms with Crippen molar-refractivity contribution < 1.29 is 14.3 Å². The van der Waals surface area contributed by atoms with E-state index in [0.29, 0.717) is 21.7 Å². The molecule has 4 rings (SSSR count). The first-order valence-corrected chi connectivity index (χ1v) is 10.4. The van der Waals surface area contributed by atoms with Gasteiger partial charge < -0.3 is 4.74 Å². The molecule has 0 radical (unpaired) electrons. The number of esters is 1. The number of nitrogens with zero attached hydrogens (tertiary/aromatic N) is 3. The Hall–Kier alpha value is -2.87. The van der Waals surface area contributed by atoms with Gasteiger partial charge in [-0.25, -0.2) is 0 Å². The lowest BCUT2D eigenvalue weighted by Crippen LogP contribution is -2.34. The van der Waals surface area contributed by atoms with Gasteiger partial charge in [0.05, 0.1) is 18.9 Å². The van der Waals surface area contributed by atoms with Crippen molar-refractivity contribution in [2.45, 2.75) is 38.6 Å². The van der Waals surface area contributed by atoms with E-state index in [-0.39, 0.29) is 17.8 Å². The number of ketones is 1. The molecule has 150 valence electrons. The second kappa shape index (κ2) is 7.87. The molecule has 0 aliphatic heterocycles. The average molecular weight is 411 g/mol. The largest absolute Gasteiger partial charge is 0.469 e. The number of hydrogen-bond acceptors (Lipinski definition) is 7. The Morgan fingerprint density at radius 1 is 1.31 bits per heavy atom. The molecule has 0 saturated carbocycles. The number of carbonyl (C=O) groups is 2. The van der Waals surface area contributed by atoms with E-state index in [1.165, 1.54) is 23.3 Å². The maximum atomic E-state index is 13.4. The number of benzene rings is 1. The van der Waals surface area contributed by atoms with Crippen LogP contribution in [0.3, 0.4) is 0 Å². The number of aryl methyl sites for hydroxylation is 1. The van der Waals surface area contributed by atoms with Crippen molar-refractivity contribution >= 4 is 33.3 Å². The van der Waals surface area contributed by atoms with Gasteiger partial charge in [-0.05, 0) is 30.7 Å². The number of aromatic nitrogens is 3.